The van der Waals surface area contributed by atoms with Crippen LogP contribution in [-0.2, 0) is 21.8 Å². The lowest BCUT2D eigenvalue weighted by atomic mass is 10.1. The third kappa shape index (κ3) is 7.52. The number of likely N-dealkylation sites (N-methyl/N-ethyl adjacent to an activating group) is 1. The molecular weight excluding hydrogens is 392 g/mol. The van der Waals surface area contributed by atoms with Crippen molar-refractivity contribution in [2.75, 3.05) is 18.8 Å². The number of carbonyl (C=O) groups excluding carboxylic acids is 2. The third-order valence-corrected chi connectivity index (χ3v) is 5.99. The van der Waals surface area contributed by atoms with Gasteiger partial charge in [-0.15, -0.1) is 11.8 Å². The van der Waals surface area contributed by atoms with Gasteiger partial charge in [-0.25, -0.2) is 0 Å². The summed E-state index contributed by atoms with van der Waals surface area (Å²) in [6, 6.07) is 16.2. The highest BCUT2D eigenvalue weighted by Crippen LogP contribution is 2.18. The zero-order valence-electron chi connectivity index (χ0n) is 18.6. The minimum atomic E-state index is -0.428. The predicted octanol–water partition coefficient (Wildman–Crippen LogP) is 4.52. The Morgan fingerprint density at radius 2 is 1.67 bits per heavy atom. The first kappa shape index (κ1) is 24.0. The molecular formula is C25H34N2O2S. The maximum Gasteiger partial charge on any atom is 0.242 e. The molecule has 0 spiro atoms. The van der Waals surface area contributed by atoms with E-state index in [1.165, 1.54) is 22.3 Å². The number of hydrogen-bond acceptors (Lipinski definition) is 3. The van der Waals surface area contributed by atoms with Crippen molar-refractivity contribution in [1.82, 2.24) is 10.2 Å². The average molecular weight is 427 g/mol. The van der Waals surface area contributed by atoms with Crippen molar-refractivity contribution in [2.45, 2.75) is 52.3 Å². The van der Waals surface area contributed by atoms with E-state index in [1.807, 2.05) is 32.0 Å². The summed E-state index contributed by atoms with van der Waals surface area (Å²) in [5, 5.41) is 2.88. The summed E-state index contributed by atoms with van der Waals surface area (Å²) >= 11 is 1.61. The number of thioether (sulfide) groups is 1. The van der Waals surface area contributed by atoms with Crippen molar-refractivity contribution >= 4 is 23.6 Å². The molecule has 5 heteroatoms. The highest BCUT2D eigenvalue weighted by Gasteiger charge is 2.27. The second-order valence-electron chi connectivity index (χ2n) is 7.63. The molecule has 0 bridgehead atoms. The van der Waals surface area contributed by atoms with E-state index >= 15 is 0 Å². The van der Waals surface area contributed by atoms with E-state index in [0.717, 1.165) is 12.2 Å². The van der Waals surface area contributed by atoms with E-state index in [0.29, 0.717) is 25.3 Å². The summed E-state index contributed by atoms with van der Waals surface area (Å²) in [6.45, 7) is 9.16. The molecule has 4 nitrogen and oxygen atoms in total. The SMILES string of the molecule is CCNC(=O)[C@H](CC)N(CCc1ccccc1)C(=O)CSCc1cc(C)cc(C)c1. The number of amides is 2. The summed E-state index contributed by atoms with van der Waals surface area (Å²) < 4.78 is 0. The quantitative estimate of drug-likeness (QED) is 0.575. The van der Waals surface area contributed by atoms with Crippen molar-refractivity contribution in [3.63, 3.8) is 0 Å². The Morgan fingerprint density at radius 1 is 1.00 bits per heavy atom. The van der Waals surface area contributed by atoms with Crippen LogP contribution in [0.25, 0.3) is 0 Å². The van der Waals surface area contributed by atoms with Crippen molar-refractivity contribution < 1.29 is 9.59 Å². The molecule has 0 fully saturated rings. The molecule has 0 saturated heterocycles. The molecule has 1 atom stereocenters. The Bertz CT molecular complexity index is 803. The fourth-order valence-corrected chi connectivity index (χ4v) is 4.52. The fraction of sp³-hybridized carbons (Fsp3) is 0.440. The molecule has 1 N–H and O–H groups in total. The van der Waals surface area contributed by atoms with E-state index in [-0.39, 0.29) is 11.8 Å². The lowest BCUT2D eigenvalue weighted by molar-refractivity contribution is -0.138. The van der Waals surface area contributed by atoms with Gasteiger partial charge in [0.1, 0.15) is 6.04 Å². The van der Waals surface area contributed by atoms with Crippen molar-refractivity contribution in [2.24, 2.45) is 0 Å². The monoisotopic (exact) mass is 426 g/mol. The van der Waals surface area contributed by atoms with Crippen molar-refractivity contribution in [3.8, 4) is 0 Å². The summed E-state index contributed by atoms with van der Waals surface area (Å²) in [4.78, 5) is 27.5. The van der Waals surface area contributed by atoms with Gasteiger partial charge in [0.2, 0.25) is 11.8 Å². The first-order valence-corrected chi connectivity index (χ1v) is 11.9. The standard InChI is InChI=1S/C25H34N2O2S/c1-5-23(25(29)26-6-2)27(13-12-21-10-8-7-9-11-21)24(28)18-30-17-22-15-19(3)14-20(4)16-22/h7-11,14-16,23H,5-6,12-13,17-18H2,1-4H3,(H,26,29)/t23-/m0/s1. The van der Waals surface area contributed by atoms with E-state index in [4.69, 9.17) is 0 Å². The normalized spacial score (nSPS) is 11.7. The first-order valence-electron chi connectivity index (χ1n) is 10.7. The van der Waals surface area contributed by atoms with Crippen molar-refractivity contribution in [3.05, 3.63) is 70.8 Å². The van der Waals surface area contributed by atoms with Gasteiger partial charge in [-0.1, -0.05) is 66.6 Å². The van der Waals surface area contributed by atoms with Gasteiger partial charge in [0.15, 0.2) is 0 Å². The number of nitrogens with zero attached hydrogens (tertiary/aromatic N) is 1. The summed E-state index contributed by atoms with van der Waals surface area (Å²) in [7, 11) is 0. The second kappa shape index (κ2) is 12.4. The van der Waals surface area contributed by atoms with Gasteiger partial charge in [0.25, 0.3) is 0 Å². The number of aryl methyl sites for hydroxylation is 2. The smallest absolute Gasteiger partial charge is 0.242 e. The van der Waals surface area contributed by atoms with Crippen LogP contribution >= 0.6 is 11.8 Å². The van der Waals surface area contributed by atoms with Crippen LogP contribution < -0.4 is 5.32 Å². The van der Waals surface area contributed by atoms with Gasteiger partial charge in [-0.05, 0) is 44.7 Å². The molecule has 2 aromatic carbocycles. The molecule has 162 valence electrons. The van der Waals surface area contributed by atoms with E-state index in [1.54, 1.807) is 16.7 Å². The molecule has 2 amide bonds. The van der Waals surface area contributed by atoms with Gasteiger partial charge >= 0.3 is 0 Å². The Morgan fingerprint density at radius 3 is 2.27 bits per heavy atom. The number of rotatable bonds is 11. The van der Waals surface area contributed by atoms with Gasteiger partial charge in [0, 0.05) is 18.8 Å². The van der Waals surface area contributed by atoms with Crippen LogP contribution in [0.15, 0.2) is 48.5 Å². The zero-order valence-corrected chi connectivity index (χ0v) is 19.4. The third-order valence-electron chi connectivity index (χ3n) is 5.00. The predicted molar refractivity (Wildman–Crippen MR) is 127 cm³/mol. The van der Waals surface area contributed by atoms with Crippen LogP contribution in [0.1, 0.15) is 42.5 Å². The van der Waals surface area contributed by atoms with Crippen LogP contribution in [0.5, 0.6) is 0 Å². The molecule has 30 heavy (non-hydrogen) atoms. The molecule has 0 unspecified atom stereocenters. The number of hydrogen-bond donors (Lipinski definition) is 1. The lowest BCUT2D eigenvalue weighted by Gasteiger charge is -2.30. The average Bonchev–Trinajstić information content (AvgIpc) is 2.71. The molecule has 0 heterocycles. The maximum absolute atomic E-state index is 13.1. The van der Waals surface area contributed by atoms with Gasteiger partial charge in [-0.2, -0.15) is 0 Å². The second-order valence-corrected chi connectivity index (χ2v) is 8.62. The number of benzene rings is 2. The molecule has 0 aliphatic carbocycles. The lowest BCUT2D eigenvalue weighted by Crippen LogP contribution is -2.50. The van der Waals surface area contributed by atoms with E-state index in [2.05, 4.69) is 49.5 Å². The minimum Gasteiger partial charge on any atom is -0.355 e. The highest BCUT2D eigenvalue weighted by atomic mass is 32.2. The van der Waals surface area contributed by atoms with E-state index < -0.39 is 6.04 Å². The summed E-state index contributed by atoms with van der Waals surface area (Å²) in [5.41, 5.74) is 4.88. The Labute approximate surface area is 185 Å². The van der Waals surface area contributed by atoms with Crippen molar-refractivity contribution in [1.29, 1.82) is 0 Å². The highest BCUT2D eigenvalue weighted by molar-refractivity contribution is 7.99. The van der Waals surface area contributed by atoms with Crippen LogP contribution in [0.4, 0.5) is 0 Å². The molecule has 0 radical (unpaired) electrons. The van der Waals surface area contributed by atoms with E-state index in [9.17, 15) is 9.59 Å². The Hall–Kier alpha value is -2.27. The summed E-state index contributed by atoms with van der Waals surface area (Å²) in [5.74, 6) is 1.12. The molecule has 2 aromatic rings. The maximum atomic E-state index is 13.1. The van der Waals surface area contributed by atoms with Crippen LogP contribution in [0, 0.1) is 13.8 Å². The first-order chi connectivity index (χ1) is 14.4. The number of carbonyl (C=O) groups is 2. The summed E-state index contributed by atoms with van der Waals surface area (Å²) in [6.07, 6.45) is 1.35. The Kier molecular flexibility index (Phi) is 9.95. The van der Waals surface area contributed by atoms with Gasteiger partial charge in [-0.3, -0.25) is 9.59 Å². The van der Waals surface area contributed by atoms with Crippen LogP contribution in [0.2, 0.25) is 0 Å². The van der Waals surface area contributed by atoms with Crippen LogP contribution in [0.3, 0.4) is 0 Å². The largest absolute Gasteiger partial charge is 0.355 e. The van der Waals surface area contributed by atoms with Gasteiger partial charge < -0.3 is 10.2 Å². The molecule has 0 saturated carbocycles. The minimum absolute atomic E-state index is 0.0263. The number of nitrogens with one attached hydrogen (secondary N) is 1. The zero-order chi connectivity index (χ0) is 21.9. The Balaban J connectivity index is 2.04. The molecule has 0 aliphatic heterocycles. The topological polar surface area (TPSA) is 49.4 Å². The molecule has 0 aromatic heterocycles. The molecule has 2 rings (SSSR count). The van der Waals surface area contributed by atoms with Gasteiger partial charge in [0.05, 0.1) is 5.75 Å². The fourth-order valence-electron chi connectivity index (χ4n) is 3.68. The van der Waals surface area contributed by atoms with Crippen LogP contribution in [-0.4, -0.2) is 41.6 Å². The molecule has 0 aliphatic rings.